The Hall–Kier alpha value is -2.84. The first-order chi connectivity index (χ1) is 39.5. The lowest BCUT2D eigenvalue weighted by atomic mass is 10.0. The number of hydrogen-bond donors (Lipinski definition) is 3. The number of allylic oxidation sites excluding steroid dienone is 17. The molecule has 0 aromatic heterocycles. The van der Waals surface area contributed by atoms with Crippen molar-refractivity contribution in [2.24, 2.45) is 0 Å². The van der Waals surface area contributed by atoms with Gasteiger partial charge in [-0.1, -0.05) is 303 Å². The third-order valence-corrected chi connectivity index (χ3v) is 15.7. The molecule has 0 aromatic rings. The maximum atomic E-state index is 13.0. The molecule has 0 fully saturated rings. The number of amides is 1. The second kappa shape index (κ2) is 61.7. The van der Waals surface area contributed by atoms with E-state index in [4.69, 9.17) is 9.05 Å². The van der Waals surface area contributed by atoms with Crippen molar-refractivity contribution >= 4 is 13.7 Å². The first-order valence-electron chi connectivity index (χ1n) is 33.8. The van der Waals surface area contributed by atoms with Crippen LogP contribution in [0.15, 0.2) is 109 Å². The predicted octanol–water partition coefficient (Wildman–Crippen LogP) is 21.5. The lowest BCUT2D eigenvalue weighted by Crippen LogP contribution is -2.45. The molecule has 0 aliphatic rings. The first-order valence-corrected chi connectivity index (χ1v) is 35.3. The van der Waals surface area contributed by atoms with Crippen molar-refractivity contribution in [3.63, 3.8) is 0 Å². The van der Waals surface area contributed by atoms with Crippen LogP contribution in [0.3, 0.4) is 0 Å². The van der Waals surface area contributed by atoms with Crippen molar-refractivity contribution < 1.29 is 32.9 Å². The van der Waals surface area contributed by atoms with Crippen molar-refractivity contribution in [1.82, 2.24) is 5.32 Å². The quantitative estimate of drug-likeness (QED) is 0.0243. The summed E-state index contributed by atoms with van der Waals surface area (Å²) in [7, 11) is 1.55. The van der Waals surface area contributed by atoms with E-state index < -0.39 is 20.0 Å². The average molecular weight is 1150 g/mol. The lowest BCUT2D eigenvalue weighted by molar-refractivity contribution is -0.870. The van der Waals surface area contributed by atoms with Crippen LogP contribution in [-0.2, 0) is 18.4 Å². The van der Waals surface area contributed by atoms with Crippen LogP contribution in [-0.4, -0.2) is 73.4 Å². The summed E-state index contributed by atoms with van der Waals surface area (Å²) in [5, 5.41) is 14.0. The first kappa shape index (κ1) is 78.2. The third-order valence-electron chi connectivity index (χ3n) is 14.7. The topological polar surface area (TPSA) is 105 Å². The number of unbranched alkanes of at least 4 members (excludes halogenated alkanes) is 32. The zero-order valence-electron chi connectivity index (χ0n) is 53.5. The Kier molecular flexibility index (Phi) is 59.5. The van der Waals surface area contributed by atoms with Gasteiger partial charge in [-0.05, 0) is 89.9 Å². The van der Waals surface area contributed by atoms with E-state index in [1.807, 2.05) is 27.2 Å². The fourth-order valence-corrected chi connectivity index (χ4v) is 10.2. The molecule has 0 aromatic carbocycles. The molecule has 3 unspecified atom stereocenters. The summed E-state index contributed by atoms with van der Waals surface area (Å²) in [5.74, 6) is -0.189. The molecule has 0 saturated carbocycles. The minimum absolute atomic E-state index is 0.0522. The second-order valence-corrected chi connectivity index (χ2v) is 25.3. The number of phosphoric acid groups is 1. The van der Waals surface area contributed by atoms with E-state index in [2.05, 4.69) is 116 Å². The Labute approximate surface area is 501 Å². The number of nitrogens with one attached hydrogen (secondary N) is 1. The molecule has 0 radical (unpaired) electrons. The van der Waals surface area contributed by atoms with Crippen molar-refractivity contribution in [3.05, 3.63) is 109 Å². The van der Waals surface area contributed by atoms with Gasteiger partial charge in [0.25, 0.3) is 0 Å². The number of nitrogens with zero attached hydrogens (tertiary/aromatic N) is 1. The number of carbonyl (C=O) groups is 1. The lowest BCUT2D eigenvalue weighted by Gasteiger charge is -2.25. The number of phosphoric ester groups is 1. The van der Waals surface area contributed by atoms with Gasteiger partial charge in [0.2, 0.25) is 5.91 Å². The summed E-state index contributed by atoms with van der Waals surface area (Å²) in [6.07, 6.45) is 90.8. The molecule has 8 nitrogen and oxygen atoms in total. The number of quaternary nitrogens is 1. The van der Waals surface area contributed by atoms with Crippen molar-refractivity contribution in [2.75, 3.05) is 40.9 Å². The minimum atomic E-state index is -4.37. The molecule has 0 aliphatic carbocycles. The van der Waals surface area contributed by atoms with Gasteiger partial charge < -0.3 is 19.8 Å². The highest BCUT2D eigenvalue weighted by molar-refractivity contribution is 7.47. The number of likely N-dealkylation sites (N-methyl/N-ethyl adjacent to an activating group) is 1. The summed E-state index contributed by atoms with van der Waals surface area (Å²) in [6.45, 7) is 4.70. The van der Waals surface area contributed by atoms with Crippen LogP contribution in [0.5, 0.6) is 0 Å². The summed E-state index contributed by atoms with van der Waals surface area (Å²) in [4.78, 5) is 23.4. The zero-order valence-corrected chi connectivity index (χ0v) is 54.4. The Bertz CT molecular complexity index is 1690. The maximum absolute atomic E-state index is 13.0. The molecular formula is C72H130N2O6P+. The van der Waals surface area contributed by atoms with Crippen LogP contribution < -0.4 is 5.32 Å². The van der Waals surface area contributed by atoms with Gasteiger partial charge in [0.05, 0.1) is 39.9 Å². The largest absolute Gasteiger partial charge is 0.472 e. The van der Waals surface area contributed by atoms with E-state index in [0.29, 0.717) is 17.4 Å². The highest BCUT2D eigenvalue weighted by Crippen LogP contribution is 2.43. The minimum Gasteiger partial charge on any atom is -0.387 e. The number of hydrogen-bond acceptors (Lipinski definition) is 5. The fraction of sp³-hybridized carbons (Fsp3) is 0.736. The van der Waals surface area contributed by atoms with Gasteiger partial charge >= 0.3 is 7.82 Å². The van der Waals surface area contributed by atoms with Gasteiger partial charge in [0, 0.05) is 6.42 Å². The number of rotatable bonds is 61. The highest BCUT2D eigenvalue weighted by atomic mass is 31.2. The summed E-state index contributed by atoms with van der Waals surface area (Å²) in [6, 6.07) is -0.872. The van der Waals surface area contributed by atoms with Crippen molar-refractivity contribution in [3.8, 4) is 0 Å². The third kappa shape index (κ3) is 64.6. The Morgan fingerprint density at radius 1 is 0.432 bits per heavy atom. The molecule has 0 rings (SSSR count). The molecular weight excluding hydrogens is 1020 g/mol. The zero-order chi connectivity index (χ0) is 59.1. The average Bonchev–Trinajstić information content (AvgIpc) is 3.43. The van der Waals surface area contributed by atoms with Gasteiger partial charge in [-0.2, -0.15) is 0 Å². The van der Waals surface area contributed by atoms with Crippen LogP contribution in [0.25, 0.3) is 0 Å². The second-order valence-electron chi connectivity index (χ2n) is 23.8. The SMILES string of the molecule is CC/C=C\C/C=C\C/C=C\C/C=C\C/C=C\C/C=C\C/C=C\CCCCCCCCCCCCCCCC(=O)NC(COP(=O)(O)OCC[N+](C)(C)C)C(O)/C=C/CC/C=C/CCCCCCCCCCCCCCCCCCCC. The van der Waals surface area contributed by atoms with Crippen LogP contribution in [0, 0.1) is 0 Å². The molecule has 0 heterocycles. The molecule has 81 heavy (non-hydrogen) atoms. The van der Waals surface area contributed by atoms with Crippen LogP contribution in [0.4, 0.5) is 0 Å². The summed E-state index contributed by atoms with van der Waals surface area (Å²) < 4.78 is 23.8. The maximum Gasteiger partial charge on any atom is 0.472 e. The molecule has 3 atom stereocenters. The van der Waals surface area contributed by atoms with Crippen molar-refractivity contribution in [1.29, 1.82) is 0 Å². The van der Waals surface area contributed by atoms with E-state index >= 15 is 0 Å². The molecule has 0 saturated heterocycles. The molecule has 0 aliphatic heterocycles. The summed E-state index contributed by atoms with van der Waals surface area (Å²) in [5.41, 5.74) is 0. The Morgan fingerprint density at radius 2 is 0.753 bits per heavy atom. The molecule has 0 spiro atoms. The van der Waals surface area contributed by atoms with Crippen molar-refractivity contribution in [2.45, 2.75) is 302 Å². The van der Waals surface area contributed by atoms with E-state index in [1.165, 1.54) is 186 Å². The highest BCUT2D eigenvalue weighted by Gasteiger charge is 2.28. The van der Waals surface area contributed by atoms with Crippen LogP contribution in [0.2, 0.25) is 0 Å². The fourth-order valence-electron chi connectivity index (χ4n) is 9.51. The van der Waals surface area contributed by atoms with E-state index in [-0.39, 0.29) is 19.1 Å². The van der Waals surface area contributed by atoms with E-state index in [9.17, 15) is 19.4 Å². The molecule has 1 amide bonds. The molecule has 3 N–H and O–H groups in total. The Balaban J connectivity index is 4.14. The molecule has 468 valence electrons. The number of carbonyl (C=O) groups excluding carboxylic acids is 1. The molecule has 0 bridgehead atoms. The number of aliphatic hydroxyl groups excluding tert-OH is 1. The van der Waals surface area contributed by atoms with Crippen LogP contribution in [0.1, 0.15) is 290 Å². The molecule has 9 heteroatoms. The van der Waals surface area contributed by atoms with Gasteiger partial charge in [0.15, 0.2) is 0 Å². The van der Waals surface area contributed by atoms with Crippen LogP contribution >= 0.6 is 7.82 Å². The van der Waals surface area contributed by atoms with Gasteiger partial charge in [-0.25, -0.2) is 4.57 Å². The normalized spacial score (nSPS) is 14.4. The monoisotopic (exact) mass is 1150 g/mol. The van der Waals surface area contributed by atoms with E-state index in [1.54, 1.807) is 6.08 Å². The summed E-state index contributed by atoms with van der Waals surface area (Å²) >= 11 is 0. The van der Waals surface area contributed by atoms with Gasteiger partial charge in [-0.15, -0.1) is 0 Å². The standard InChI is InChI=1S/C72H129N2O6P/c1-6-8-10-12-14-16-18-20-22-24-26-28-30-32-33-34-35-36-37-38-39-40-41-42-44-46-48-50-52-54-56-58-60-62-64-66-72(76)73-70(69-80-81(77,78)79-68-67-74(3,4)5)71(75)65-63-61-59-57-55-53-51-49-47-45-43-31-29-27-25-23-21-19-17-15-13-11-9-7-2/h8,10,14,16,20,22,26,28,32-33,35-36,38-39,55,57,63,65,70-71,75H,6-7,9,11-13,15,17-19,21,23-25,27,29-31,34,37,40-54,56,58-62,64,66-69H2,1-5H3,(H-,73,76,77,78)/p+1/b10-8-,16-14-,22-20-,28-26-,33-32-,36-35-,39-38-,57-55+,65-63+. The Morgan fingerprint density at radius 3 is 1.14 bits per heavy atom. The van der Waals surface area contributed by atoms with E-state index in [0.717, 1.165) is 83.5 Å². The van der Waals surface area contributed by atoms with Gasteiger partial charge in [0.1, 0.15) is 13.2 Å². The smallest absolute Gasteiger partial charge is 0.387 e. The van der Waals surface area contributed by atoms with Gasteiger partial charge in [-0.3, -0.25) is 13.8 Å². The predicted molar refractivity (Wildman–Crippen MR) is 355 cm³/mol. The number of aliphatic hydroxyl groups is 1.